The summed E-state index contributed by atoms with van der Waals surface area (Å²) >= 11 is 0. The van der Waals surface area contributed by atoms with E-state index in [1.807, 2.05) is 6.92 Å². The van der Waals surface area contributed by atoms with Crippen molar-refractivity contribution >= 4 is 11.8 Å². The van der Waals surface area contributed by atoms with Gasteiger partial charge in [-0.2, -0.15) is 13.2 Å². The van der Waals surface area contributed by atoms with Gasteiger partial charge < -0.3 is 9.47 Å². The first-order valence-corrected chi connectivity index (χ1v) is 8.37. The van der Waals surface area contributed by atoms with Crippen LogP contribution in [-0.2, 0) is 11.0 Å². The molecule has 2 aromatic rings. The predicted octanol–water partition coefficient (Wildman–Crippen LogP) is 3.33. The Labute approximate surface area is 159 Å². The molecule has 6 nitrogen and oxygen atoms in total. The van der Waals surface area contributed by atoms with Crippen LogP contribution >= 0.6 is 0 Å². The summed E-state index contributed by atoms with van der Waals surface area (Å²) in [4.78, 5) is 23.9. The largest absolute Gasteiger partial charge is 0.494 e. The topological polar surface area (TPSA) is 76.7 Å². The number of benzene rings is 2. The Hall–Kier alpha value is -3.23. The summed E-state index contributed by atoms with van der Waals surface area (Å²) in [5.74, 6) is -0.291. The van der Waals surface area contributed by atoms with Gasteiger partial charge in [-0.25, -0.2) is 0 Å². The lowest BCUT2D eigenvalue weighted by molar-refractivity contribution is -0.137. The lowest BCUT2D eigenvalue weighted by Gasteiger charge is -2.15. The molecule has 2 N–H and O–H groups in total. The second-order valence-electron chi connectivity index (χ2n) is 5.68. The number of hydrazine groups is 1. The van der Waals surface area contributed by atoms with Gasteiger partial charge in [-0.15, -0.1) is 0 Å². The standard InChI is InChI=1S/C19H19F3N2O4/c1-3-27-15-8-10-16(11-9-15)28-12(2)17(25)23-24-18(26)13-4-6-14(7-5-13)19(20,21)22/h4-12H,3H2,1-2H3,(H,23,25)(H,24,26)/t12-/m1/s1. The molecule has 0 radical (unpaired) electrons. The van der Waals surface area contributed by atoms with Gasteiger partial charge in [0, 0.05) is 5.56 Å². The van der Waals surface area contributed by atoms with Crippen LogP contribution in [-0.4, -0.2) is 24.5 Å². The Bertz CT molecular complexity index is 805. The van der Waals surface area contributed by atoms with Crippen LogP contribution in [0.1, 0.15) is 29.8 Å². The zero-order valence-electron chi connectivity index (χ0n) is 15.2. The Kier molecular flexibility index (Phi) is 6.86. The van der Waals surface area contributed by atoms with Gasteiger partial charge in [0.15, 0.2) is 6.10 Å². The minimum absolute atomic E-state index is 0.0339. The minimum Gasteiger partial charge on any atom is -0.494 e. The van der Waals surface area contributed by atoms with Gasteiger partial charge in [-0.1, -0.05) is 0 Å². The van der Waals surface area contributed by atoms with E-state index in [1.54, 1.807) is 24.3 Å². The molecular weight excluding hydrogens is 377 g/mol. The fourth-order valence-electron chi connectivity index (χ4n) is 2.14. The van der Waals surface area contributed by atoms with E-state index in [9.17, 15) is 22.8 Å². The average Bonchev–Trinajstić information content (AvgIpc) is 2.67. The maximum atomic E-state index is 12.5. The molecule has 0 unspecified atom stereocenters. The second kappa shape index (κ2) is 9.12. The van der Waals surface area contributed by atoms with Crippen molar-refractivity contribution in [1.29, 1.82) is 0 Å². The monoisotopic (exact) mass is 396 g/mol. The molecular formula is C19H19F3N2O4. The first-order valence-electron chi connectivity index (χ1n) is 8.37. The predicted molar refractivity (Wildman–Crippen MR) is 94.8 cm³/mol. The smallest absolute Gasteiger partial charge is 0.416 e. The number of ether oxygens (including phenoxy) is 2. The van der Waals surface area contributed by atoms with E-state index >= 15 is 0 Å². The van der Waals surface area contributed by atoms with E-state index in [0.717, 1.165) is 24.3 Å². The van der Waals surface area contributed by atoms with Gasteiger partial charge in [0.05, 0.1) is 12.2 Å². The van der Waals surface area contributed by atoms with Crippen molar-refractivity contribution in [2.75, 3.05) is 6.61 Å². The van der Waals surface area contributed by atoms with E-state index in [0.29, 0.717) is 18.1 Å². The quantitative estimate of drug-likeness (QED) is 0.735. The molecule has 0 spiro atoms. The summed E-state index contributed by atoms with van der Waals surface area (Å²) < 4.78 is 48.3. The molecule has 0 aliphatic rings. The molecule has 0 aliphatic carbocycles. The normalized spacial score (nSPS) is 12.0. The summed E-state index contributed by atoms with van der Waals surface area (Å²) in [5.41, 5.74) is 3.39. The summed E-state index contributed by atoms with van der Waals surface area (Å²) in [7, 11) is 0. The zero-order chi connectivity index (χ0) is 20.7. The molecule has 2 rings (SSSR count). The van der Waals surface area contributed by atoms with Crippen molar-refractivity contribution in [3.05, 3.63) is 59.7 Å². The summed E-state index contributed by atoms with van der Waals surface area (Å²) in [6, 6.07) is 10.3. The average molecular weight is 396 g/mol. The lowest BCUT2D eigenvalue weighted by atomic mass is 10.1. The highest BCUT2D eigenvalue weighted by atomic mass is 19.4. The van der Waals surface area contributed by atoms with E-state index in [4.69, 9.17) is 9.47 Å². The third-order valence-electron chi connectivity index (χ3n) is 3.59. The van der Waals surface area contributed by atoms with Gasteiger partial charge in [0.1, 0.15) is 11.5 Å². The number of rotatable bonds is 6. The highest BCUT2D eigenvalue weighted by molar-refractivity contribution is 5.95. The van der Waals surface area contributed by atoms with Crippen LogP contribution < -0.4 is 20.3 Å². The number of hydrogen-bond donors (Lipinski definition) is 2. The third-order valence-corrected chi connectivity index (χ3v) is 3.59. The van der Waals surface area contributed by atoms with Crippen molar-refractivity contribution in [1.82, 2.24) is 10.9 Å². The van der Waals surface area contributed by atoms with Gasteiger partial charge in [0.2, 0.25) is 0 Å². The number of carbonyl (C=O) groups is 2. The maximum absolute atomic E-state index is 12.5. The molecule has 0 fully saturated rings. The second-order valence-corrected chi connectivity index (χ2v) is 5.68. The van der Waals surface area contributed by atoms with Crippen LogP contribution in [0.25, 0.3) is 0 Å². The molecule has 2 aromatic carbocycles. The summed E-state index contributed by atoms with van der Waals surface area (Å²) in [6.07, 6.45) is -5.41. The number of halogens is 3. The molecule has 0 aliphatic heterocycles. The van der Waals surface area contributed by atoms with E-state index < -0.39 is 29.7 Å². The molecule has 2 amide bonds. The van der Waals surface area contributed by atoms with Gasteiger partial charge in [-0.05, 0) is 62.4 Å². The Morgan fingerprint density at radius 2 is 1.54 bits per heavy atom. The van der Waals surface area contributed by atoms with Crippen molar-refractivity contribution in [3.8, 4) is 11.5 Å². The van der Waals surface area contributed by atoms with Crippen LogP contribution in [0.5, 0.6) is 11.5 Å². The minimum atomic E-state index is -4.49. The maximum Gasteiger partial charge on any atom is 0.416 e. The highest BCUT2D eigenvalue weighted by Crippen LogP contribution is 2.29. The van der Waals surface area contributed by atoms with Crippen LogP contribution in [0.4, 0.5) is 13.2 Å². The fraction of sp³-hybridized carbons (Fsp3) is 0.263. The first-order chi connectivity index (χ1) is 13.2. The van der Waals surface area contributed by atoms with E-state index in [2.05, 4.69) is 10.9 Å². The lowest BCUT2D eigenvalue weighted by Crippen LogP contribution is -2.47. The number of hydrogen-bond acceptors (Lipinski definition) is 4. The van der Waals surface area contributed by atoms with Crippen molar-refractivity contribution in [2.45, 2.75) is 26.1 Å². The first kappa shape index (κ1) is 21.1. The van der Waals surface area contributed by atoms with Crippen LogP contribution in [0.15, 0.2) is 48.5 Å². The fourth-order valence-corrected chi connectivity index (χ4v) is 2.14. The molecule has 28 heavy (non-hydrogen) atoms. The zero-order valence-corrected chi connectivity index (χ0v) is 15.2. The van der Waals surface area contributed by atoms with Gasteiger partial charge in [-0.3, -0.25) is 20.4 Å². The Morgan fingerprint density at radius 1 is 0.964 bits per heavy atom. The number of nitrogens with one attached hydrogen (secondary N) is 2. The highest BCUT2D eigenvalue weighted by Gasteiger charge is 2.30. The molecule has 0 aromatic heterocycles. The van der Waals surface area contributed by atoms with Gasteiger partial charge >= 0.3 is 6.18 Å². The molecule has 0 heterocycles. The number of carbonyl (C=O) groups excluding carboxylic acids is 2. The summed E-state index contributed by atoms with van der Waals surface area (Å²) in [5, 5.41) is 0. The Morgan fingerprint density at radius 3 is 2.07 bits per heavy atom. The molecule has 150 valence electrons. The van der Waals surface area contributed by atoms with Crippen molar-refractivity contribution in [2.24, 2.45) is 0 Å². The van der Waals surface area contributed by atoms with Gasteiger partial charge in [0.25, 0.3) is 11.8 Å². The number of alkyl halides is 3. The van der Waals surface area contributed by atoms with Crippen LogP contribution in [0, 0.1) is 0 Å². The Balaban J connectivity index is 1.85. The molecule has 9 heteroatoms. The molecule has 0 saturated heterocycles. The van der Waals surface area contributed by atoms with E-state index in [-0.39, 0.29) is 5.56 Å². The van der Waals surface area contributed by atoms with Crippen molar-refractivity contribution in [3.63, 3.8) is 0 Å². The SMILES string of the molecule is CCOc1ccc(O[C@H](C)C(=O)NNC(=O)c2ccc(C(F)(F)F)cc2)cc1. The summed E-state index contributed by atoms with van der Waals surface area (Å²) in [6.45, 7) is 3.86. The van der Waals surface area contributed by atoms with Crippen LogP contribution in [0.2, 0.25) is 0 Å². The molecule has 1 atom stereocenters. The third kappa shape index (κ3) is 5.90. The number of amides is 2. The van der Waals surface area contributed by atoms with Crippen LogP contribution in [0.3, 0.4) is 0 Å². The molecule has 0 bridgehead atoms. The van der Waals surface area contributed by atoms with E-state index in [1.165, 1.54) is 6.92 Å². The van der Waals surface area contributed by atoms with Crippen molar-refractivity contribution < 1.29 is 32.2 Å². The molecule has 0 saturated carbocycles.